The molecule has 5 rings (SSSR count). The summed E-state index contributed by atoms with van der Waals surface area (Å²) in [6.07, 6.45) is 11.3. The highest BCUT2D eigenvalue weighted by Crippen LogP contribution is 2.60. The van der Waals surface area contributed by atoms with Crippen molar-refractivity contribution in [3.63, 3.8) is 0 Å². The maximum atomic E-state index is 6.15. The van der Waals surface area contributed by atoms with Crippen molar-refractivity contribution in [3.8, 4) is 0 Å². The third-order valence-corrected chi connectivity index (χ3v) is 7.90. The molecule has 2 saturated carbocycles. The lowest BCUT2D eigenvalue weighted by Gasteiger charge is -2.57. The normalized spacial score (nSPS) is 39.1. The number of nitrogens with zero attached hydrogens (tertiary/aromatic N) is 3. The SMILES string of the molecule is CN=C(NC1C2CCOC2C12CCCC2)N1CCC(N2CCCC2)C1.I. The molecule has 0 radical (unpaired) electrons. The highest BCUT2D eigenvalue weighted by atomic mass is 127. The maximum Gasteiger partial charge on any atom is 0.193 e. The third kappa shape index (κ3) is 2.98. The molecule has 0 bridgehead atoms. The summed E-state index contributed by atoms with van der Waals surface area (Å²) in [6.45, 7) is 5.89. The summed E-state index contributed by atoms with van der Waals surface area (Å²) >= 11 is 0. The Morgan fingerprint density at radius 2 is 1.85 bits per heavy atom. The van der Waals surface area contributed by atoms with Crippen molar-refractivity contribution in [2.24, 2.45) is 16.3 Å². The number of hydrogen-bond donors (Lipinski definition) is 1. The van der Waals surface area contributed by atoms with Gasteiger partial charge >= 0.3 is 0 Å². The number of ether oxygens (including phenoxy) is 1. The highest BCUT2D eigenvalue weighted by Gasteiger charge is 2.65. The molecule has 3 aliphatic heterocycles. The minimum absolute atomic E-state index is 0. The zero-order valence-electron chi connectivity index (χ0n) is 16.2. The van der Waals surface area contributed by atoms with Crippen LogP contribution in [0, 0.1) is 11.3 Å². The number of guanidine groups is 1. The van der Waals surface area contributed by atoms with E-state index in [9.17, 15) is 0 Å². The van der Waals surface area contributed by atoms with Crippen LogP contribution in [0.4, 0.5) is 0 Å². The van der Waals surface area contributed by atoms with Crippen LogP contribution < -0.4 is 5.32 Å². The quantitative estimate of drug-likeness (QED) is 0.380. The predicted molar refractivity (Wildman–Crippen MR) is 115 cm³/mol. The average molecular weight is 474 g/mol. The molecule has 148 valence electrons. The van der Waals surface area contributed by atoms with Crippen LogP contribution >= 0.6 is 24.0 Å². The van der Waals surface area contributed by atoms with Gasteiger partial charge in [0.15, 0.2) is 5.96 Å². The van der Waals surface area contributed by atoms with E-state index in [0.717, 1.165) is 31.7 Å². The first-order valence-electron chi connectivity index (χ1n) is 10.7. The van der Waals surface area contributed by atoms with Crippen molar-refractivity contribution in [1.82, 2.24) is 15.1 Å². The van der Waals surface area contributed by atoms with E-state index in [1.165, 1.54) is 64.5 Å². The lowest BCUT2D eigenvalue weighted by molar-refractivity contribution is -0.125. The van der Waals surface area contributed by atoms with Gasteiger partial charge in [-0.05, 0) is 51.6 Å². The van der Waals surface area contributed by atoms with Gasteiger partial charge in [0.1, 0.15) is 0 Å². The third-order valence-electron chi connectivity index (χ3n) is 7.90. The van der Waals surface area contributed by atoms with E-state index in [-0.39, 0.29) is 24.0 Å². The van der Waals surface area contributed by atoms with Gasteiger partial charge in [-0.3, -0.25) is 9.89 Å². The zero-order chi connectivity index (χ0) is 16.9. The smallest absolute Gasteiger partial charge is 0.193 e. The van der Waals surface area contributed by atoms with E-state index in [1.807, 2.05) is 7.05 Å². The number of rotatable bonds is 2. The molecule has 1 spiro atoms. The van der Waals surface area contributed by atoms with Crippen molar-refractivity contribution in [2.75, 3.05) is 39.8 Å². The lowest BCUT2D eigenvalue weighted by atomic mass is 9.54. The van der Waals surface area contributed by atoms with Gasteiger partial charge in [-0.15, -0.1) is 24.0 Å². The molecule has 5 fully saturated rings. The van der Waals surface area contributed by atoms with Crippen LogP contribution in [0.2, 0.25) is 0 Å². The molecule has 0 aromatic heterocycles. The maximum absolute atomic E-state index is 6.15. The summed E-state index contributed by atoms with van der Waals surface area (Å²) in [7, 11) is 1.97. The van der Waals surface area contributed by atoms with Crippen LogP contribution in [-0.2, 0) is 4.74 Å². The van der Waals surface area contributed by atoms with E-state index in [0.29, 0.717) is 23.5 Å². The van der Waals surface area contributed by atoms with Crippen LogP contribution in [0.3, 0.4) is 0 Å². The zero-order valence-corrected chi connectivity index (χ0v) is 18.5. The van der Waals surface area contributed by atoms with Crippen molar-refractivity contribution in [1.29, 1.82) is 0 Å². The number of nitrogens with one attached hydrogen (secondary N) is 1. The van der Waals surface area contributed by atoms with Gasteiger partial charge < -0.3 is 15.0 Å². The Balaban J connectivity index is 0.00000168. The molecule has 3 saturated heterocycles. The van der Waals surface area contributed by atoms with Crippen LogP contribution in [0.1, 0.15) is 51.4 Å². The van der Waals surface area contributed by atoms with E-state index in [4.69, 9.17) is 9.73 Å². The fraction of sp³-hybridized carbons (Fsp3) is 0.950. The monoisotopic (exact) mass is 474 g/mol. The molecule has 0 aromatic rings. The number of hydrogen-bond acceptors (Lipinski definition) is 3. The minimum Gasteiger partial charge on any atom is -0.377 e. The second-order valence-corrected chi connectivity index (χ2v) is 8.99. The Hall–Kier alpha value is -0.0800. The summed E-state index contributed by atoms with van der Waals surface area (Å²) in [5.74, 6) is 1.87. The van der Waals surface area contributed by atoms with Gasteiger partial charge in [0.05, 0.1) is 6.10 Å². The Kier molecular flexibility index (Phi) is 5.73. The standard InChI is InChI=1S/C20H34N4O.HI/c1-21-19(24-12-6-15(14-24)23-10-4-5-11-23)22-17-16-7-13-25-18(16)20(17)8-2-3-9-20;/h15-18H,2-14H2,1H3,(H,21,22);1H. The van der Waals surface area contributed by atoms with Crippen molar-refractivity contribution >= 4 is 29.9 Å². The highest BCUT2D eigenvalue weighted by molar-refractivity contribution is 14.0. The second-order valence-electron chi connectivity index (χ2n) is 8.99. The average Bonchev–Trinajstić information content (AvgIpc) is 3.40. The van der Waals surface area contributed by atoms with Crippen LogP contribution in [0.5, 0.6) is 0 Å². The summed E-state index contributed by atoms with van der Waals surface area (Å²) in [5, 5.41) is 3.94. The second kappa shape index (κ2) is 7.74. The van der Waals surface area contributed by atoms with Crippen LogP contribution in [-0.4, -0.2) is 73.8 Å². The molecule has 0 amide bonds. The summed E-state index contributed by atoms with van der Waals surface area (Å²) < 4.78 is 6.15. The number of aliphatic imine (C=N–C) groups is 1. The summed E-state index contributed by atoms with van der Waals surface area (Å²) in [6, 6.07) is 1.33. The molecule has 5 nitrogen and oxygen atoms in total. The number of halogens is 1. The molecule has 5 aliphatic rings. The van der Waals surface area contributed by atoms with Gasteiger partial charge in [-0.2, -0.15) is 0 Å². The first-order valence-corrected chi connectivity index (χ1v) is 10.7. The number of fused-ring (bicyclic) bond motifs is 2. The molecule has 4 atom stereocenters. The van der Waals surface area contributed by atoms with Crippen LogP contribution in [0.15, 0.2) is 4.99 Å². The fourth-order valence-corrected chi connectivity index (χ4v) is 6.68. The molecule has 26 heavy (non-hydrogen) atoms. The molecule has 3 heterocycles. The first kappa shape index (κ1) is 19.2. The van der Waals surface area contributed by atoms with Gasteiger partial charge in [0.25, 0.3) is 0 Å². The van der Waals surface area contributed by atoms with E-state index < -0.39 is 0 Å². The first-order chi connectivity index (χ1) is 12.3. The van der Waals surface area contributed by atoms with Crippen molar-refractivity contribution in [2.45, 2.75) is 69.6 Å². The molecule has 0 aromatic carbocycles. The topological polar surface area (TPSA) is 40.1 Å². The minimum atomic E-state index is 0. The summed E-state index contributed by atoms with van der Waals surface area (Å²) in [5.41, 5.74) is 0.408. The Bertz CT molecular complexity index is 530. The van der Waals surface area contributed by atoms with Crippen molar-refractivity contribution in [3.05, 3.63) is 0 Å². The Morgan fingerprint density at radius 1 is 1.08 bits per heavy atom. The molecule has 6 heteroatoms. The molecular weight excluding hydrogens is 439 g/mol. The molecule has 2 aliphatic carbocycles. The molecule has 4 unspecified atom stereocenters. The Morgan fingerprint density at radius 3 is 2.58 bits per heavy atom. The van der Waals surface area contributed by atoms with Gasteiger partial charge in [0.2, 0.25) is 0 Å². The van der Waals surface area contributed by atoms with Gasteiger partial charge in [-0.1, -0.05) is 12.8 Å². The molecule has 1 N–H and O–H groups in total. The lowest BCUT2D eigenvalue weighted by Crippen LogP contribution is -2.69. The summed E-state index contributed by atoms with van der Waals surface area (Å²) in [4.78, 5) is 9.92. The predicted octanol–water partition coefficient (Wildman–Crippen LogP) is 2.70. The Labute approximate surface area is 175 Å². The largest absolute Gasteiger partial charge is 0.377 e. The van der Waals surface area contributed by atoms with Crippen LogP contribution in [0.25, 0.3) is 0 Å². The van der Waals surface area contributed by atoms with E-state index in [1.54, 1.807) is 0 Å². The number of likely N-dealkylation sites (tertiary alicyclic amines) is 2. The van der Waals surface area contributed by atoms with E-state index >= 15 is 0 Å². The van der Waals surface area contributed by atoms with Crippen molar-refractivity contribution < 1.29 is 4.74 Å². The van der Waals surface area contributed by atoms with E-state index in [2.05, 4.69) is 15.1 Å². The van der Waals surface area contributed by atoms with Gasteiger partial charge in [0, 0.05) is 50.2 Å². The molecular formula is C20H35IN4O. The fourth-order valence-electron chi connectivity index (χ4n) is 6.68. The van der Waals surface area contributed by atoms with Gasteiger partial charge in [-0.25, -0.2) is 0 Å².